The Morgan fingerprint density at radius 1 is 1.65 bits per heavy atom. The Kier molecular flexibility index (Phi) is 4.38. The number of aliphatic hydroxyl groups excluding tert-OH is 1. The summed E-state index contributed by atoms with van der Waals surface area (Å²) in [5.41, 5.74) is 6.44. The van der Waals surface area contributed by atoms with E-state index >= 15 is 0 Å². The van der Waals surface area contributed by atoms with Crippen LogP contribution in [-0.2, 0) is 6.54 Å². The van der Waals surface area contributed by atoms with Crippen molar-refractivity contribution in [1.29, 1.82) is 0 Å². The number of nitrogens with one attached hydrogen (secondary N) is 1. The van der Waals surface area contributed by atoms with Crippen molar-refractivity contribution in [3.63, 3.8) is 0 Å². The first-order valence-electron chi connectivity index (χ1n) is 7.38. The molecular formula is C15H25N3O2. The number of carbonyl (C=O) groups excluding carboxylic acids is 1. The SMILES string of the molecule is CCn1cc(N)cc1C(=O)NC1(CO)CCCC(C)C1. The van der Waals surface area contributed by atoms with Crippen LogP contribution in [0.1, 0.15) is 50.0 Å². The van der Waals surface area contributed by atoms with Gasteiger partial charge in [-0.1, -0.05) is 19.8 Å². The van der Waals surface area contributed by atoms with Crippen LogP contribution in [0.15, 0.2) is 12.3 Å². The first kappa shape index (κ1) is 14.9. The standard InChI is InChI=1S/C15H25N3O2/c1-3-18-9-12(16)7-13(18)14(20)17-15(10-19)6-4-5-11(2)8-15/h7,9,11,19H,3-6,8,10,16H2,1-2H3,(H,17,20). The van der Waals surface area contributed by atoms with Gasteiger partial charge in [0.05, 0.1) is 17.8 Å². The Labute approximate surface area is 120 Å². The fourth-order valence-corrected chi connectivity index (χ4v) is 3.25. The molecule has 0 radical (unpaired) electrons. The molecule has 0 aromatic carbocycles. The lowest BCUT2D eigenvalue weighted by Crippen LogP contribution is -2.54. The van der Waals surface area contributed by atoms with Crippen molar-refractivity contribution in [3.8, 4) is 0 Å². The summed E-state index contributed by atoms with van der Waals surface area (Å²) >= 11 is 0. The van der Waals surface area contributed by atoms with Gasteiger partial charge in [0, 0.05) is 12.7 Å². The second kappa shape index (κ2) is 5.87. The van der Waals surface area contributed by atoms with Gasteiger partial charge in [-0.3, -0.25) is 4.79 Å². The van der Waals surface area contributed by atoms with Gasteiger partial charge in [-0.15, -0.1) is 0 Å². The number of aryl methyl sites for hydroxylation is 1. The predicted octanol–water partition coefficient (Wildman–Crippen LogP) is 1.76. The van der Waals surface area contributed by atoms with Crippen molar-refractivity contribution in [3.05, 3.63) is 18.0 Å². The second-order valence-corrected chi connectivity index (χ2v) is 6.04. The molecule has 0 aliphatic heterocycles. The molecule has 1 aliphatic carbocycles. The molecule has 2 unspecified atom stereocenters. The van der Waals surface area contributed by atoms with Crippen LogP contribution in [0.3, 0.4) is 0 Å². The van der Waals surface area contributed by atoms with E-state index in [4.69, 9.17) is 5.73 Å². The number of aliphatic hydroxyl groups is 1. The highest BCUT2D eigenvalue weighted by molar-refractivity contribution is 5.94. The molecule has 2 rings (SSSR count). The van der Waals surface area contributed by atoms with Crippen LogP contribution in [0.4, 0.5) is 5.69 Å². The van der Waals surface area contributed by atoms with Crippen molar-refractivity contribution in [2.45, 2.75) is 51.6 Å². The fraction of sp³-hybridized carbons (Fsp3) is 0.667. The summed E-state index contributed by atoms with van der Waals surface area (Å²) in [6, 6.07) is 1.69. The maximum Gasteiger partial charge on any atom is 0.268 e. The highest BCUT2D eigenvalue weighted by Gasteiger charge is 2.36. The molecule has 1 aliphatic rings. The lowest BCUT2D eigenvalue weighted by Gasteiger charge is -2.39. The normalized spacial score (nSPS) is 26.4. The number of aromatic nitrogens is 1. The minimum Gasteiger partial charge on any atom is -0.397 e. The van der Waals surface area contributed by atoms with E-state index in [0.717, 1.165) is 25.7 Å². The topological polar surface area (TPSA) is 80.3 Å². The van der Waals surface area contributed by atoms with Crippen LogP contribution >= 0.6 is 0 Å². The van der Waals surface area contributed by atoms with Gasteiger partial charge < -0.3 is 20.7 Å². The first-order valence-corrected chi connectivity index (χ1v) is 7.38. The third kappa shape index (κ3) is 2.98. The Morgan fingerprint density at radius 3 is 3.00 bits per heavy atom. The van der Waals surface area contributed by atoms with Crippen LogP contribution in [0.5, 0.6) is 0 Å². The summed E-state index contributed by atoms with van der Waals surface area (Å²) in [6.07, 6.45) is 5.64. The third-order valence-corrected chi connectivity index (χ3v) is 4.26. The van der Waals surface area contributed by atoms with Gasteiger partial charge in [0.2, 0.25) is 0 Å². The average Bonchev–Trinajstić information content (AvgIpc) is 2.80. The lowest BCUT2D eigenvalue weighted by atomic mass is 9.77. The van der Waals surface area contributed by atoms with E-state index in [1.807, 2.05) is 11.5 Å². The Morgan fingerprint density at radius 2 is 2.40 bits per heavy atom. The zero-order chi connectivity index (χ0) is 14.8. The van der Waals surface area contributed by atoms with E-state index < -0.39 is 5.54 Å². The number of amides is 1. The van der Waals surface area contributed by atoms with Gasteiger partial charge >= 0.3 is 0 Å². The molecule has 4 N–H and O–H groups in total. The minimum atomic E-state index is -0.480. The fourth-order valence-electron chi connectivity index (χ4n) is 3.25. The van der Waals surface area contributed by atoms with Crippen LogP contribution in [-0.4, -0.2) is 27.7 Å². The van der Waals surface area contributed by atoms with Gasteiger partial charge in [-0.2, -0.15) is 0 Å². The maximum atomic E-state index is 12.5. The molecule has 112 valence electrons. The summed E-state index contributed by atoms with van der Waals surface area (Å²) in [4.78, 5) is 12.5. The molecule has 5 nitrogen and oxygen atoms in total. The molecule has 1 fully saturated rings. The van der Waals surface area contributed by atoms with Crippen molar-refractivity contribution in [2.24, 2.45) is 5.92 Å². The van der Waals surface area contributed by atoms with E-state index in [2.05, 4.69) is 12.2 Å². The molecule has 0 saturated heterocycles. The van der Waals surface area contributed by atoms with Crippen LogP contribution < -0.4 is 11.1 Å². The average molecular weight is 279 g/mol. The highest BCUT2D eigenvalue weighted by Crippen LogP contribution is 2.32. The Balaban J connectivity index is 2.16. The van der Waals surface area contributed by atoms with E-state index in [0.29, 0.717) is 23.8 Å². The van der Waals surface area contributed by atoms with Crippen molar-refractivity contribution in [2.75, 3.05) is 12.3 Å². The summed E-state index contributed by atoms with van der Waals surface area (Å²) in [6.45, 7) is 4.83. The Bertz CT molecular complexity index is 483. The number of anilines is 1. The van der Waals surface area contributed by atoms with Crippen LogP contribution in [0, 0.1) is 5.92 Å². The number of nitrogen functional groups attached to an aromatic ring is 1. The van der Waals surface area contributed by atoms with Gasteiger partial charge in [0.1, 0.15) is 5.69 Å². The van der Waals surface area contributed by atoms with E-state index in [9.17, 15) is 9.90 Å². The molecule has 5 heteroatoms. The number of nitrogens with zero attached hydrogens (tertiary/aromatic N) is 1. The van der Waals surface area contributed by atoms with Gasteiger partial charge in [-0.05, 0) is 31.7 Å². The monoisotopic (exact) mass is 279 g/mol. The maximum absolute atomic E-state index is 12.5. The van der Waals surface area contributed by atoms with Gasteiger partial charge in [0.25, 0.3) is 5.91 Å². The van der Waals surface area contributed by atoms with Crippen molar-refractivity contribution in [1.82, 2.24) is 9.88 Å². The molecule has 1 heterocycles. The molecule has 1 saturated carbocycles. The number of rotatable bonds is 4. The molecule has 2 atom stereocenters. The number of nitrogens with two attached hydrogens (primary N) is 1. The number of carbonyl (C=O) groups is 1. The quantitative estimate of drug-likeness (QED) is 0.785. The predicted molar refractivity (Wildman–Crippen MR) is 79.4 cm³/mol. The number of hydrogen-bond donors (Lipinski definition) is 3. The second-order valence-electron chi connectivity index (χ2n) is 6.04. The molecule has 1 amide bonds. The summed E-state index contributed by atoms with van der Waals surface area (Å²) in [5.74, 6) is 0.380. The summed E-state index contributed by atoms with van der Waals surface area (Å²) in [7, 11) is 0. The van der Waals surface area contributed by atoms with Crippen molar-refractivity contribution < 1.29 is 9.90 Å². The molecular weight excluding hydrogens is 254 g/mol. The molecule has 1 aromatic heterocycles. The smallest absolute Gasteiger partial charge is 0.268 e. The third-order valence-electron chi connectivity index (χ3n) is 4.26. The Hall–Kier alpha value is -1.49. The number of hydrogen-bond acceptors (Lipinski definition) is 3. The van der Waals surface area contributed by atoms with Gasteiger partial charge in [-0.25, -0.2) is 0 Å². The molecule has 20 heavy (non-hydrogen) atoms. The van der Waals surface area contributed by atoms with Gasteiger partial charge in [0.15, 0.2) is 0 Å². The van der Waals surface area contributed by atoms with E-state index in [1.165, 1.54) is 0 Å². The summed E-state index contributed by atoms with van der Waals surface area (Å²) < 4.78 is 1.84. The zero-order valence-electron chi connectivity index (χ0n) is 12.4. The molecule has 0 spiro atoms. The lowest BCUT2D eigenvalue weighted by molar-refractivity contribution is 0.0689. The van der Waals surface area contributed by atoms with E-state index in [-0.39, 0.29) is 12.5 Å². The van der Waals surface area contributed by atoms with Crippen molar-refractivity contribution >= 4 is 11.6 Å². The summed E-state index contributed by atoms with van der Waals surface area (Å²) in [5, 5.41) is 12.8. The largest absolute Gasteiger partial charge is 0.397 e. The minimum absolute atomic E-state index is 0.00854. The first-order chi connectivity index (χ1) is 9.49. The van der Waals surface area contributed by atoms with Crippen LogP contribution in [0.25, 0.3) is 0 Å². The van der Waals surface area contributed by atoms with Crippen LogP contribution in [0.2, 0.25) is 0 Å². The molecule has 1 aromatic rings. The highest BCUT2D eigenvalue weighted by atomic mass is 16.3. The molecule has 0 bridgehead atoms. The van der Waals surface area contributed by atoms with E-state index in [1.54, 1.807) is 12.3 Å². The zero-order valence-corrected chi connectivity index (χ0v) is 12.4.